The topological polar surface area (TPSA) is 77.5 Å². The van der Waals surface area contributed by atoms with Crippen LogP contribution in [-0.2, 0) is 4.79 Å². The minimum atomic E-state index is -4.44. The van der Waals surface area contributed by atoms with Gasteiger partial charge in [0.15, 0.2) is 0 Å². The molecule has 1 atom stereocenters. The molecule has 0 fully saturated rings. The number of amides is 1. The molecule has 146 valence electrons. The van der Waals surface area contributed by atoms with Gasteiger partial charge in [-0.25, -0.2) is 10.4 Å². The lowest BCUT2D eigenvalue weighted by Gasteiger charge is -2.18. The van der Waals surface area contributed by atoms with Gasteiger partial charge >= 0.3 is 6.18 Å². The molecule has 0 aromatic rings. The number of guanidine groups is 1. The minimum absolute atomic E-state index is 0.0187. The van der Waals surface area contributed by atoms with E-state index < -0.39 is 23.7 Å². The molecular weight excluding hydrogens is 371 g/mol. The van der Waals surface area contributed by atoms with Gasteiger partial charge < -0.3 is 10.7 Å². The van der Waals surface area contributed by atoms with E-state index in [1.165, 1.54) is 6.08 Å². The van der Waals surface area contributed by atoms with E-state index in [-0.39, 0.29) is 11.8 Å². The third-order valence-electron chi connectivity index (χ3n) is 2.90. The zero-order valence-corrected chi connectivity index (χ0v) is 15.9. The Hall–Kier alpha value is -2.00. The third kappa shape index (κ3) is 7.92. The summed E-state index contributed by atoms with van der Waals surface area (Å²) in [6.07, 6.45) is -0.428. The van der Waals surface area contributed by atoms with Gasteiger partial charge in [-0.05, 0) is 46.8 Å². The Labute approximate surface area is 155 Å². The zero-order chi connectivity index (χ0) is 20.1. The summed E-state index contributed by atoms with van der Waals surface area (Å²) in [5.41, 5.74) is 4.25. The molecule has 0 saturated heterocycles. The predicted octanol–water partition coefficient (Wildman–Crippen LogP) is 2.82. The van der Waals surface area contributed by atoms with Crippen LogP contribution in [0.15, 0.2) is 39.6 Å². The Morgan fingerprint density at radius 3 is 2.35 bits per heavy atom. The van der Waals surface area contributed by atoms with Gasteiger partial charge in [0, 0.05) is 10.6 Å². The van der Waals surface area contributed by atoms with Crippen molar-refractivity contribution in [1.82, 2.24) is 21.5 Å². The van der Waals surface area contributed by atoms with E-state index in [0.717, 1.165) is 6.08 Å². The van der Waals surface area contributed by atoms with Crippen molar-refractivity contribution in [3.63, 3.8) is 0 Å². The van der Waals surface area contributed by atoms with Crippen molar-refractivity contribution in [3.8, 4) is 0 Å². The number of aliphatic imine (C=N–C) groups is 1. The zero-order valence-electron chi connectivity index (χ0n) is 15.2. The van der Waals surface area contributed by atoms with Gasteiger partial charge in [-0.3, -0.25) is 10.1 Å². The molecule has 0 bridgehead atoms. The first-order chi connectivity index (χ1) is 11.8. The normalized spacial score (nSPS) is 19.8. The van der Waals surface area contributed by atoms with Crippen molar-refractivity contribution in [1.29, 1.82) is 0 Å². The smallest absolute Gasteiger partial charge is 0.312 e. The highest BCUT2D eigenvalue weighted by molar-refractivity contribution is 6.29. The number of carbonyl (C=O) groups excluding carboxylic acids is 1. The average Bonchev–Trinajstić information content (AvgIpc) is 2.91. The van der Waals surface area contributed by atoms with Crippen LogP contribution in [0.2, 0.25) is 0 Å². The van der Waals surface area contributed by atoms with Crippen molar-refractivity contribution in [2.24, 2.45) is 4.99 Å². The monoisotopic (exact) mass is 393 g/mol. The lowest BCUT2D eigenvalue weighted by Crippen LogP contribution is -2.46. The quantitative estimate of drug-likeness (QED) is 0.257. The van der Waals surface area contributed by atoms with Crippen LogP contribution < -0.4 is 21.5 Å². The van der Waals surface area contributed by atoms with Crippen molar-refractivity contribution < 1.29 is 18.0 Å². The van der Waals surface area contributed by atoms with Gasteiger partial charge in [-0.15, -0.1) is 0 Å². The highest BCUT2D eigenvalue weighted by Gasteiger charge is 2.41. The van der Waals surface area contributed by atoms with Crippen LogP contribution in [-0.4, -0.2) is 29.6 Å². The van der Waals surface area contributed by atoms with Gasteiger partial charge in [-0.1, -0.05) is 17.7 Å². The van der Waals surface area contributed by atoms with E-state index in [1.54, 1.807) is 40.7 Å². The van der Waals surface area contributed by atoms with E-state index in [0.29, 0.717) is 10.6 Å². The Kier molecular flexibility index (Phi) is 7.28. The fourth-order valence-electron chi connectivity index (χ4n) is 1.73. The SMILES string of the molecule is C/C(Cl)=C\C=C(/C)C(=O)NC(=NC(C)(C)C)NC1=CC(C(F)(F)F)NN1. The van der Waals surface area contributed by atoms with Crippen LogP contribution in [0.4, 0.5) is 13.2 Å². The van der Waals surface area contributed by atoms with E-state index in [2.05, 4.69) is 26.5 Å². The lowest BCUT2D eigenvalue weighted by molar-refractivity contribution is -0.144. The first kappa shape index (κ1) is 22.0. The van der Waals surface area contributed by atoms with Gasteiger partial charge in [0.25, 0.3) is 5.91 Å². The maximum atomic E-state index is 12.7. The van der Waals surface area contributed by atoms with Gasteiger partial charge in [0.1, 0.15) is 11.9 Å². The van der Waals surface area contributed by atoms with Crippen LogP contribution in [0.1, 0.15) is 34.6 Å². The summed E-state index contributed by atoms with van der Waals surface area (Å²) in [6, 6.07) is -1.84. The molecule has 0 spiro atoms. The molecular formula is C16H23ClF3N5O. The molecule has 1 aliphatic heterocycles. The Bertz CT molecular complexity index is 656. The molecule has 4 N–H and O–H groups in total. The van der Waals surface area contributed by atoms with Gasteiger partial charge in [0.05, 0.1) is 5.54 Å². The average molecular weight is 394 g/mol. The van der Waals surface area contributed by atoms with Crippen molar-refractivity contribution in [2.75, 3.05) is 0 Å². The second-order valence-electron chi connectivity index (χ2n) is 6.68. The molecule has 1 amide bonds. The van der Waals surface area contributed by atoms with Crippen molar-refractivity contribution >= 4 is 23.5 Å². The number of hydrazine groups is 1. The van der Waals surface area contributed by atoms with E-state index in [1.807, 2.05) is 0 Å². The summed E-state index contributed by atoms with van der Waals surface area (Å²) >= 11 is 5.72. The van der Waals surface area contributed by atoms with Crippen LogP contribution in [0, 0.1) is 0 Å². The van der Waals surface area contributed by atoms with Crippen LogP contribution in [0.25, 0.3) is 0 Å². The standard InChI is InChI=1S/C16H23ClF3N5O/c1-9(6-7-10(2)17)13(26)22-14(23-15(3,4)5)21-12-8-11(24-25-12)16(18,19)20/h6-8,11,24-25H,1-5H3,(H2,21,22,23,26)/b9-6+,10-7+. The largest absolute Gasteiger partial charge is 0.409 e. The lowest BCUT2D eigenvalue weighted by atomic mass is 10.1. The molecule has 1 rings (SSSR count). The Morgan fingerprint density at radius 1 is 1.27 bits per heavy atom. The van der Waals surface area contributed by atoms with Gasteiger partial charge in [-0.2, -0.15) is 13.2 Å². The summed E-state index contributed by atoms with van der Waals surface area (Å²) in [5, 5.41) is 5.71. The molecule has 0 aromatic carbocycles. The number of halogens is 4. The number of hydrogen-bond donors (Lipinski definition) is 4. The molecule has 6 nitrogen and oxygen atoms in total. The molecule has 1 unspecified atom stereocenters. The highest BCUT2D eigenvalue weighted by Crippen LogP contribution is 2.23. The summed E-state index contributed by atoms with van der Waals surface area (Å²) in [5.74, 6) is -0.410. The minimum Gasteiger partial charge on any atom is -0.312 e. The summed E-state index contributed by atoms with van der Waals surface area (Å²) in [7, 11) is 0. The fraction of sp³-hybridized carbons (Fsp3) is 0.500. The maximum Gasteiger partial charge on any atom is 0.409 e. The Balaban J connectivity index is 2.95. The summed E-state index contributed by atoms with van der Waals surface area (Å²) < 4.78 is 38.1. The second kappa shape index (κ2) is 8.59. The van der Waals surface area contributed by atoms with Crippen molar-refractivity contribution in [3.05, 3.63) is 34.7 Å². The maximum absolute atomic E-state index is 12.7. The number of nitrogens with zero attached hydrogens (tertiary/aromatic N) is 1. The fourth-order valence-corrected chi connectivity index (χ4v) is 1.79. The Morgan fingerprint density at radius 2 is 1.88 bits per heavy atom. The molecule has 1 heterocycles. The van der Waals surface area contributed by atoms with Crippen molar-refractivity contribution in [2.45, 2.75) is 52.4 Å². The molecule has 0 radical (unpaired) electrons. The summed E-state index contributed by atoms with van der Waals surface area (Å²) in [4.78, 5) is 16.5. The number of nitrogens with one attached hydrogen (secondary N) is 4. The number of rotatable bonds is 3. The second-order valence-corrected chi connectivity index (χ2v) is 7.28. The first-order valence-electron chi connectivity index (χ1n) is 7.77. The van der Waals surface area contributed by atoms with E-state index in [4.69, 9.17) is 11.6 Å². The molecule has 10 heteroatoms. The predicted molar refractivity (Wildman–Crippen MR) is 96.0 cm³/mol. The highest BCUT2D eigenvalue weighted by atomic mass is 35.5. The number of alkyl halides is 3. The molecule has 26 heavy (non-hydrogen) atoms. The van der Waals surface area contributed by atoms with E-state index >= 15 is 0 Å². The van der Waals surface area contributed by atoms with Gasteiger partial charge in [0.2, 0.25) is 5.96 Å². The van der Waals surface area contributed by atoms with Crippen LogP contribution >= 0.6 is 11.6 Å². The number of hydrogen-bond acceptors (Lipinski definition) is 4. The number of carbonyl (C=O) groups is 1. The summed E-state index contributed by atoms with van der Waals surface area (Å²) in [6.45, 7) is 8.61. The molecule has 0 saturated carbocycles. The van der Waals surface area contributed by atoms with Crippen LogP contribution in [0.3, 0.4) is 0 Å². The number of allylic oxidation sites excluding steroid dienone is 3. The van der Waals surface area contributed by atoms with E-state index in [9.17, 15) is 18.0 Å². The first-order valence-corrected chi connectivity index (χ1v) is 8.15. The molecule has 1 aliphatic rings. The molecule has 0 aliphatic carbocycles. The van der Waals surface area contributed by atoms with Crippen LogP contribution in [0.5, 0.6) is 0 Å². The third-order valence-corrected chi connectivity index (χ3v) is 3.03. The molecule has 0 aromatic heterocycles.